The third-order valence-corrected chi connectivity index (χ3v) is 4.69. The lowest BCUT2D eigenvalue weighted by atomic mass is 10.0. The number of hydrogen-bond acceptors (Lipinski definition) is 4. The highest BCUT2D eigenvalue weighted by atomic mass is 16.5. The average molecular weight is 353 g/mol. The lowest BCUT2D eigenvalue weighted by Gasteiger charge is -2.20. The van der Waals surface area contributed by atoms with Gasteiger partial charge < -0.3 is 15.4 Å². The van der Waals surface area contributed by atoms with E-state index in [9.17, 15) is 9.59 Å². The summed E-state index contributed by atoms with van der Waals surface area (Å²) < 4.78 is 5.10. The Hall–Kier alpha value is -2.89. The maximum Gasteiger partial charge on any atom is 0.251 e. The van der Waals surface area contributed by atoms with Crippen LogP contribution in [0.2, 0.25) is 0 Å². The molecule has 0 unspecified atom stereocenters. The molecule has 1 aliphatic carbocycles. The minimum absolute atomic E-state index is 0.0341. The number of benzene rings is 1. The Morgan fingerprint density at radius 1 is 1.15 bits per heavy atom. The second-order valence-electron chi connectivity index (χ2n) is 6.38. The summed E-state index contributed by atoms with van der Waals surface area (Å²) in [4.78, 5) is 29.2. The van der Waals surface area contributed by atoms with Crippen LogP contribution in [0.3, 0.4) is 0 Å². The number of aromatic nitrogens is 1. The number of hydrogen-bond donors (Lipinski definition) is 2. The molecule has 2 amide bonds. The molecule has 0 bridgehead atoms. The van der Waals surface area contributed by atoms with Crippen LogP contribution in [0, 0.1) is 5.92 Å². The molecular weight excluding hydrogens is 330 g/mol. The van der Waals surface area contributed by atoms with Crippen molar-refractivity contribution in [2.24, 2.45) is 5.92 Å². The van der Waals surface area contributed by atoms with Gasteiger partial charge in [-0.25, -0.2) is 0 Å². The fourth-order valence-corrected chi connectivity index (χ4v) is 3.25. The van der Waals surface area contributed by atoms with Crippen molar-refractivity contribution in [1.82, 2.24) is 15.6 Å². The molecule has 6 nitrogen and oxygen atoms in total. The van der Waals surface area contributed by atoms with E-state index in [1.807, 2.05) is 18.2 Å². The second-order valence-corrected chi connectivity index (χ2v) is 6.38. The van der Waals surface area contributed by atoms with Gasteiger partial charge in [-0.05, 0) is 49.2 Å². The van der Waals surface area contributed by atoms with Gasteiger partial charge in [-0.3, -0.25) is 14.6 Å². The number of carbonyl (C=O) groups is 2. The molecular formula is C20H23N3O3. The molecule has 1 heterocycles. The van der Waals surface area contributed by atoms with Crippen molar-refractivity contribution in [3.05, 3.63) is 59.9 Å². The number of methoxy groups -OCH3 is 1. The molecule has 0 saturated heterocycles. The molecule has 2 aromatic rings. The lowest BCUT2D eigenvalue weighted by Crippen LogP contribution is -2.43. The Kier molecular flexibility index (Phi) is 5.84. The zero-order valence-corrected chi connectivity index (χ0v) is 14.8. The summed E-state index contributed by atoms with van der Waals surface area (Å²) in [5.74, 6) is 0.297. The van der Waals surface area contributed by atoms with Gasteiger partial charge in [-0.15, -0.1) is 0 Å². The van der Waals surface area contributed by atoms with Crippen LogP contribution in [0.25, 0.3) is 0 Å². The van der Waals surface area contributed by atoms with E-state index in [4.69, 9.17) is 4.74 Å². The number of carbonyl (C=O) groups excluding carboxylic acids is 2. The monoisotopic (exact) mass is 353 g/mol. The molecule has 6 heteroatoms. The lowest BCUT2D eigenvalue weighted by molar-refractivity contribution is -0.125. The Balaban J connectivity index is 1.56. The Labute approximate surface area is 153 Å². The first-order chi connectivity index (χ1) is 12.7. The first-order valence-electron chi connectivity index (χ1n) is 8.80. The maximum atomic E-state index is 12.5. The van der Waals surface area contributed by atoms with Gasteiger partial charge in [0.2, 0.25) is 5.91 Å². The van der Waals surface area contributed by atoms with E-state index in [1.165, 1.54) is 0 Å². The Bertz CT molecular complexity index is 747. The summed E-state index contributed by atoms with van der Waals surface area (Å²) in [6.07, 6.45) is 4.22. The van der Waals surface area contributed by atoms with E-state index in [0.29, 0.717) is 17.9 Å². The van der Waals surface area contributed by atoms with E-state index < -0.39 is 0 Å². The maximum absolute atomic E-state index is 12.5. The minimum Gasteiger partial charge on any atom is -0.497 e. The first-order valence-corrected chi connectivity index (χ1v) is 8.80. The van der Waals surface area contributed by atoms with Crippen LogP contribution < -0.4 is 15.4 Å². The molecule has 0 spiro atoms. The average Bonchev–Trinajstić information content (AvgIpc) is 3.15. The van der Waals surface area contributed by atoms with Gasteiger partial charge in [0.1, 0.15) is 5.75 Å². The fraction of sp³-hybridized carbons (Fsp3) is 0.350. The SMILES string of the molecule is COc1ccc(C(=O)N[C@@H]2CCC[C@@H]2C(=O)NCc2ccccn2)cc1. The zero-order valence-electron chi connectivity index (χ0n) is 14.8. The van der Waals surface area contributed by atoms with E-state index >= 15 is 0 Å². The van der Waals surface area contributed by atoms with Crippen molar-refractivity contribution in [1.29, 1.82) is 0 Å². The summed E-state index contributed by atoms with van der Waals surface area (Å²) in [5.41, 5.74) is 1.38. The number of rotatable bonds is 6. The highest BCUT2D eigenvalue weighted by Gasteiger charge is 2.34. The van der Waals surface area contributed by atoms with Gasteiger partial charge in [-0.2, -0.15) is 0 Å². The third-order valence-electron chi connectivity index (χ3n) is 4.69. The van der Waals surface area contributed by atoms with Crippen molar-refractivity contribution in [2.45, 2.75) is 31.8 Å². The topological polar surface area (TPSA) is 80.3 Å². The smallest absolute Gasteiger partial charge is 0.251 e. The molecule has 2 N–H and O–H groups in total. The van der Waals surface area contributed by atoms with Crippen molar-refractivity contribution in [3.8, 4) is 5.75 Å². The number of amides is 2. The van der Waals surface area contributed by atoms with Crippen molar-refractivity contribution in [3.63, 3.8) is 0 Å². The normalized spacial score (nSPS) is 19.0. The van der Waals surface area contributed by atoms with Crippen LogP contribution in [0.5, 0.6) is 5.75 Å². The fourth-order valence-electron chi connectivity index (χ4n) is 3.25. The van der Waals surface area contributed by atoms with Gasteiger partial charge in [-0.1, -0.05) is 12.5 Å². The number of nitrogens with zero attached hydrogens (tertiary/aromatic N) is 1. The zero-order chi connectivity index (χ0) is 18.4. The van der Waals surface area contributed by atoms with Gasteiger partial charge in [0, 0.05) is 17.8 Å². The molecule has 1 fully saturated rings. The molecule has 1 aliphatic rings. The quantitative estimate of drug-likeness (QED) is 0.835. The van der Waals surface area contributed by atoms with Crippen molar-refractivity contribution in [2.75, 3.05) is 7.11 Å². The summed E-state index contributed by atoms with van der Waals surface area (Å²) in [5, 5.41) is 5.94. The molecule has 26 heavy (non-hydrogen) atoms. The molecule has 3 rings (SSSR count). The molecule has 0 aliphatic heterocycles. The van der Waals surface area contributed by atoms with Gasteiger partial charge in [0.05, 0.1) is 25.3 Å². The molecule has 1 aromatic heterocycles. The third kappa shape index (κ3) is 4.39. The van der Waals surface area contributed by atoms with E-state index in [-0.39, 0.29) is 23.8 Å². The van der Waals surface area contributed by atoms with Crippen molar-refractivity contribution < 1.29 is 14.3 Å². The van der Waals surface area contributed by atoms with Crippen molar-refractivity contribution >= 4 is 11.8 Å². The Morgan fingerprint density at radius 3 is 2.65 bits per heavy atom. The molecule has 1 aromatic carbocycles. The predicted octanol–water partition coefficient (Wildman–Crippen LogP) is 2.31. The largest absolute Gasteiger partial charge is 0.497 e. The van der Waals surface area contributed by atoms with Gasteiger partial charge in [0.25, 0.3) is 5.91 Å². The van der Waals surface area contributed by atoms with E-state index in [0.717, 1.165) is 25.0 Å². The van der Waals surface area contributed by atoms with E-state index in [1.54, 1.807) is 37.6 Å². The second kappa shape index (κ2) is 8.47. The van der Waals surface area contributed by atoms with Crippen LogP contribution >= 0.6 is 0 Å². The van der Waals surface area contributed by atoms with Crippen LogP contribution in [0.4, 0.5) is 0 Å². The number of ether oxygens (including phenoxy) is 1. The van der Waals surface area contributed by atoms with Gasteiger partial charge >= 0.3 is 0 Å². The van der Waals surface area contributed by atoms with Crippen LogP contribution in [0.15, 0.2) is 48.7 Å². The predicted molar refractivity (Wildman–Crippen MR) is 97.7 cm³/mol. The molecule has 1 saturated carbocycles. The highest BCUT2D eigenvalue weighted by molar-refractivity contribution is 5.95. The van der Waals surface area contributed by atoms with Crippen LogP contribution in [-0.4, -0.2) is 29.9 Å². The van der Waals surface area contributed by atoms with Crippen LogP contribution in [0.1, 0.15) is 35.3 Å². The highest BCUT2D eigenvalue weighted by Crippen LogP contribution is 2.26. The molecule has 0 radical (unpaired) electrons. The minimum atomic E-state index is -0.207. The number of nitrogens with one attached hydrogen (secondary N) is 2. The number of pyridine rings is 1. The van der Waals surface area contributed by atoms with Crippen LogP contribution in [-0.2, 0) is 11.3 Å². The Morgan fingerprint density at radius 2 is 1.96 bits per heavy atom. The summed E-state index contributed by atoms with van der Waals surface area (Å²) in [6, 6.07) is 12.4. The van der Waals surface area contributed by atoms with Gasteiger partial charge in [0.15, 0.2) is 0 Å². The first kappa shape index (κ1) is 17.9. The summed E-state index contributed by atoms with van der Waals surface area (Å²) in [6.45, 7) is 0.398. The molecule has 136 valence electrons. The van der Waals surface area contributed by atoms with E-state index in [2.05, 4.69) is 15.6 Å². The summed E-state index contributed by atoms with van der Waals surface area (Å²) >= 11 is 0. The summed E-state index contributed by atoms with van der Waals surface area (Å²) in [7, 11) is 1.59. The standard InChI is InChI=1S/C20H23N3O3/c1-26-16-10-8-14(9-11-16)19(24)23-18-7-4-6-17(18)20(25)22-13-15-5-2-3-12-21-15/h2-3,5,8-12,17-18H,4,6-7,13H2,1H3,(H,22,25)(H,23,24)/t17-,18+/m0/s1. The molecule has 2 atom stereocenters.